The molecular formula is C11H23NO. The lowest BCUT2D eigenvalue weighted by Crippen LogP contribution is -2.27. The highest BCUT2D eigenvalue weighted by Gasteiger charge is 2.40. The Morgan fingerprint density at radius 2 is 2.00 bits per heavy atom. The Labute approximate surface area is 82.0 Å². The second-order valence-electron chi connectivity index (χ2n) is 4.44. The van der Waals surface area contributed by atoms with Crippen LogP contribution in [-0.4, -0.2) is 24.8 Å². The zero-order valence-corrected chi connectivity index (χ0v) is 9.34. The molecule has 0 aliphatic carbocycles. The van der Waals surface area contributed by atoms with E-state index in [9.17, 15) is 0 Å². The molecule has 0 spiro atoms. The normalized spacial score (nSPS) is 29.3. The third-order valence-corrected chi connectivity index (χ3v) is 2.81. The molecule has 2 heteroatoms. The summed E-state index contributed by atoms with van der Waals surface area (Å²) in [4.78, 5) is 0. The minimum atomic E-state index is 0.538. The highest BCUT2D eigenvalue weighted by molar-refractivity contribution is 4.87. The molecular weight excluding hydrogens is 162 g/mol. The van der Waals surface area contributed by atoms with Crippen molar-refractivity contribution in [2.75, 3.05) is 6.54 Å². The van der Waals surface area contributed by atoms with Gasteiger partial charge in [0, 0.05) is 6.04 Å². The number of hydrogen-bond acceptors (Lipinski definition) is 2. The first-order chi connectivity index (χ1) is 6.15. The molecule has 1 heterocycles. The minimum Gasteiger partial charge on any atom is -0.369 e. The zero-order chi connectivity index (χ0) is 9.84. The average Bonchev–Trinajstić information content (AvgIpc) is 2.83. The van der Waals surface area contributed by atoms with Gasteiger partial charge in [-0.2, -0.15) is 0 Å². The number of epoxide rings is 1. The van der Waals surface area contributed by atoms with E-state index in [1.165, 1.54) is 12.8 Å². The summed E-state index contributed by atoms with van der Waals surface area (Å²) < 4.78 is 5.55. The van der Waals surface area contributed by atoms with Crippen molar-refractivity contribution in [3.05, 3.63) is 0 Å². The van der Waals surface area contributed by atoms with Crippen molar-refractivity contribution in [2.24, 2.45) is 5.92 Å². The van der Waals surface area contributed by atoms with Gasteiger partial charge in [-0.1, -0.05) is 20.8 Å². The fourth-order valence-electron chi connectivity index (χ4n) is 1.59. The molecule has 0 radical (unpaired) electrons. The molecule has 0 amide bonds. The summed E-state index contributed by atoms with van der Waals surface area (Å²) in [6.07, 6.45) is 3.46. The maximum Gasteiger partial charge on any atom is 0.0865 e. The van der Waals surface area contributed by atoms with Crippen LogP contribution in [0, 0.1) is 5.92 Å². The van der Waals surface area contributed by atoms with E-state index < -0.39 is 0 Å². The molecule has 3 unspecified atom stereocenters. The Balaban J connectivity index is 1.97. The third kappa shape index (κ3) is 3.65. The Hall–Kier alpha value is -0.0800. The summed E-state index contributed by atoms with van der Waals surface area (Å²) in [6, 6.07) is 0.649. The monoisotopic (exact) mass is 185 g/mol. The molecule has 0 saturated carbocycles. The number of nitrogens with one attached hydrogen (secondary N) is 1. The van der Waals surface area contributed by atoms with Gasteiger partial charge in [-0.3, -0.25) is 0 Å². The van der Waals surface area contributed by atoms with Gasteiger partial charge in [0.15, 0.2) is 0 Å². The van der Waals surface area contributed by atoms with Crippen molar-refractivity contribution in [3.63, 3.8) is 0 Å². The SMILES string of the molecule is CCC(C)NCCC1OC1C(C)C. The maximum absolute atomic E-state index is 5.55. The van der Waals surface area contributed by atoms with Crippen LogP contribution in [0.4, 0.5) is 0 Å². The lowest BCUT2D eigenvalue weighted by atomic mass is 10.1. The van der Waals surface area contributed by atoms with Gasteiger partial charge < -0.3 is 10.1 Å². The van der Waals surface area contributed by atoms with Crippen LogP contribution in [0.2, 0.25) is 0 Å². The molecule has 0 bridgehead atoms. The van der Waals surface area contributed by atoms with E-state index in [1.807, 2.05) is 0 Å². The standard InChI is InChI=1S/C11H23NO/c1-5-9(4)12-7-6-10-11(13-10)8(2)3/h8-12H,5-7H2,1-4H3. The van der Waals surface area contributed by atoms with Gasteiger partial charge >= 0.3 is 0 Å². The Morgan fingerprint density at radius 3 is 2.46 bits per heavy atom. The van der Waals surface area contributed by atoms with Crippen molar-refractivity contribution in [2.45, 2.75) is 58.8 Å². The van der Waals surface area contributed by atoms with Gasteiger partial charge in [-0.25, -0.2) is 0 Å². The van der Waals surface area contributed by atoms with Gasteiger partial charge in [-0.05, 0) is 32.2 Å². The summed E-state index contributed by atoms with van der Waals surface area (Å²) in [7, 11) is 0. The third-order valence-electron chi connectivity index (χ3n) is 2.81. The minimum absolute atomic E-state index is 0.538. The van der Waals surface area contributed by atoms with Crippen LogP contribution in [0.3, 0.4) is 0 Å². The quantitative estimate of drug-likeness (QED) is 0.641. The molecule has 1 saturated heterocycles. The molecule has 1 N–H and O–H groups in total. The van der Waals surface area contributed by atoms with E-state index in [-0.39, 0.29) is 0 Å². The van der Waals surface area contributed by atoms with E-state index in [2.05, 4.69) is 33.0 Å². The molecule has 78 valence electrons. The summed E-state index contributed by atoms with van der Waals surface area (Å²) in [5, 5.41) is 3.48. The molecule has 1 aliphatic rings. The topological polar surface area (TPSA) is 24.6 Å². The zero-order valence-electron chi connectivity index (χ0n) is 9.34. The first kappa shape index (κ1) is 11.0. The van der Waals surface area contributed by atoms with Crippen molar-refractivity contribution >= 4 is 0 Å². The number of ether oxygens (including phenoxy) is 1. The Bertz CT molecular complexity index is 147. The summed E-state index contributed by atoms with van der Waals surface area (Å²) >= 11 is 0. The van der Waals surface area contributed by atoms with Crippen LogP contribution >= 0.6 is 0 Å². The molecule has 13 heavy (non-hydrogen) atoms. The first-order valence-electron chi connectivity index (χ1n) is 5.54. The van der Waals surface area contributed by atoms with Crippen molar-refractivity contribution in [3.8, 4) is 0 Å². The lowest BCUT2D eigenvalue weighted by Gasteiger charge is -2.09. The molecule has 1 aliphatic heterocycles. The van der Waals surface area contributed by atoms with Crippen molar-refractivity contribution in [1.29, 1.82) is 0 Å². The van der Waals surface area contributed by atoms with Crippen LogP contribution in [0.25, 0.3) is 0 Å². The van der Waals surface area contributed by atoms with Crippen LogP contribution < -0.4 is 5.32 Å². The highest BCUT2D eigenvalue weighted by atomic mass is 16.6. The maximum atomic E-state index is 5.55. The molecule has 3 atom stereocenters. The van der Waals surface area contributed by atoms with Crippen LogP contribution in [-0.2, 0) is 4.74 Å². The fraction of sp³-hybridized carbons (Fsp3) is 1.00. The van der Waals surface area contributed by atoms with Gasteiger partial charge in [-0.15, -0.1) is 0 Å². The molecule has 0 aromatic heterocycles. The Kier molecular flexibility index (Phi) is 4.20. The van der Waals surface area contributed by atoms with E-state index in [0.717, 1.165) is 6.54 Å². The van der Waals surface area contributed by atoms with Gasteiger partial charge in [0.1, 0.15) is 0 Å². The predicted molar refractivity (Wildman–Crippen MR) is 55.9 cm³/mol. The Morgan fingerprint density at radius 1 is 1.31 bits per heavy atom. The predicted octanol–water partition coefficient (Wildman–Crippen LogP) is 2.19. The van der Waals surface area contributed by atoms with Crippen LogP contribution in [0.1, 0.15) is 40.5 Å². The van der Waals surface area contributed by atoms with Crippen LogP contribution in [0.5, 0.6) is 0 Å². The van der Waals surface area contributed by atoms with Gasteiger partial charge in [0.2, 0.25) is 0 Å². The van der Waals surface area contributed by atoms with Crippen LogP contribution in [0.15, 0.2) is 0 Å². The fourth-order valence-corrected chi connectivity index (χ4v) is 1.59. The second-order valence-corrected chi connectivity index (χ2v) is 4.44. The van der Waals surface area contributed by atoms with Gasteiger partial charge in [0.05, 0.1) is 12.2 Å². The highest BCUT2D eigenvalue weighted by Crippen LogP contribution is 2.31. The van der Waals surface area contributed by atoms with E-state index in [0.29, 0.717) is 24.2 Å². The largest absolute Gasteiger partial charge is 0.369 e. The van der Waals surface area contributed by atoms with E-state index in [4.69, 9.17) is 4.74 Å². The molecule has 1 rings (SSSR count). The van der Waals surface area contributed by atoms with Gasteiger partial charge in [0.25, 0.3) is 0 Å². The average molecular weight is 185 g/mol. The summed E-state index contributed by atoms with van der Waals surface area (Å²) in [5.41, 5.74) is 0. The second kappa shape index (κ2) is 4.97. The van der Waals surface area contributed by atoms with E-state index >= 15 is 0 Å². The molecule has 0 aromatic carbocycles. The van der Waals surface area contributed by atoms with E-state index in [1.54, 1.807) is 0 Å². The molecule has 1 fully saturated rings. The first-order valence-corrected chi connectivity index (χ1v) is 5.54. The number of hydrogen-bond donors (Lipinski definition) is 1. The molecule has 2 nitrogen and oxygen atoms in total. The molecule has 0 aromatic rings. The summed E-state index contributed by atoms with van der Waals surface area (Å²) in [5.74, 6) is 0.689. The van der Waals surface area contributed by atoms with Crippen molar-refractivity contribution < 1.29 is 4.74 Å². The summed E-state index contributed by atoms with van der Waals surface area (Å²) in [6.45, 7) is 10.00. The van der Waals surface area contributed by atoms with Crippen molar-refractivity contribution in [1.82, 2.24) is 5.32 Å². The lowest BCUT2D eigenvalue weighted by molar-refractivity contribution is 0.328. The number of rotatable bonds is 6. The smallest absolute Gasteiger partial charge is 0.0865 e.